The molecular weight excluding hydrogens is 439 g/mol. The fraction of sp³-hybridized carbons (Fsp3) is 0.391. The third kappa shape index (κ3) is 7.04. The molecule has 2 amide bonds. The minimum absolute atomic E-state index is 0.00158. The van der Waals surface area contributed by atoms with Gasteiger partial charge in [-0.25, -0.2) is 0 Å². The van der Waals surface area contributed by atoms with Crippen molar-refractivity contribution in [3.05, 3.63) is 58.1 Å². The van der Waals surface area contributed by atoms with Crippen molar-refractivity contribution in [2.24, 2.45) is 0 Å². The number of carbonyl (C=O) groups is 2. The lowest BCUT2D eigenvalue weighted by Crippen LogP contribution is -2.50. The van der Waals surface area contributed by atoms with Crippen molar-refractivity contribution in [1.82, 2.24) is 10.2 Å². The molecule has 0 unspecified atom stereocenters. The van der Waals surface area contributed by atoms with Gasteiger partial charge in [-0.3, -0.25) is 9.59 Å². The standard InChI is InChI=1S/C23H28Cl2N2O4/c1-5-15(2)26-23(29)16(3)27(13-17-10-11-18(24)19(25)12-17)22(28)14-31-21-9-7-6-8-20(21)30-4/h6-12,15-16H,5,13-14H2,1-4H3,(H,26,29)/t15-,16-/m0/s1. The van der Waals surface area contributed by atoms with E-state index in [1.165, 1.54) is 12.0 Å². The van der Waals surface area contributed by atoms with Crippen LogP contribution in [0.5, 0.6) is 11.5 Å². The number of halogens is 2. The summed E-state index contributed by atoms with van der Waals surface area (Å²) in [5.41, 5.74) is 0.753. The third-order valence-corrected chi connectivity index (χ3v) is 5.66. The second-order valence-electron chi connectivity index (χ2n) is 7.20. The Balaban J connectivity index is 2.21. The molecule has 0 bridgehead atoms. The molecule has 2 aromatic rings. The summed E-state index contributed by atoms with van der Waals surface area (Å²) in [6.07, 6.45) is 0.788. The van der Waals surface area contributed by atoms with Crippen molar-refractivity contribution in [2.45, 2.75) is 45.8 Å². The first-order valence-corrected chi connectivity index (χ1v) is 10.8. The number of nitrogens with zero attached hydrogens (tertiary/aromatic N) is 1. The summed E-state index contributed by atoms with van der Waals surface area (Å²) in [7, 11) is 1.53. The zero-order valence-electron chi connectivity index (χ0n) is 18.2. The molecule has 0 radical (unpaired) electrons. The van der Waals surface area contributed by atoms with Gasteiger partial charge in [-0.2, -0.15) is 0 Å². The fourth-order valence-electron chi connectivity index (χ4n) is 2.84. The maximum atomic E-state index is 13.1. The van der Waals surface area contributed by atoms with Crippen LogP contribution in [0, 0.1) is 0 Å². The van der Waals surface area contributed by atoms with Crippen molar-refractivity contribution < 1.29 is 19.1 Å². The summed E-state index contributed by atoms with van der Waals surface area (Å²) in [6, 6.07) is 11.5. The fourth-order valence-corrected chi connectivity index (χ4v) is 3.16. The predicted octanol–water partition coefficient (Wildman–Crippen LogP) is 4.71. The van der Waals surface area contributed by atoms with Gasteiger partial charge in [0, 0.05) is 12.6 Å². The van der Waals surface area contributed by atoms with Gasteiger partial charge in [0.2, 0.25) is 5.91 Å². The zero-order chi connectivity index (χ0) is 23.0. The highest BCUT2D eigenvalue weighted by atomic mass is 35.5. The molecule has 0 heterocycles. The van der Waals surface area contributed by atoms with Gasteiger partial charge in [0.15, 0.2) is 18.1 Å². The lowest BCUT2D eigenvalue weighted by atomic mass is 10.1. The number of ether oxygens (including phenoxy) is 2. The monoisotopic (exact) mass is 466 g/mol. The van der Waals surface area contributed by atoms with E-state index in [4.69, 9.17) is 32.7 Å². The normalized spacial score (nSPS) is 12.6. The van der Waals surface area contributed by atoms with Crippen LogP contribution >= 0.6 is 23.2 Å². The maximum absolute atomic E-state index is 13.1. The Morgan fingerprint density at radius 1 is 1.06 bits per heavy atom. The Morgan fingerprint density at radius 2 is 1.74 bits per heavy atom. The Morgan fingerprint density at radius 3 is 2.35 bits per heavy atom. The first kappa shape index (κ1) is 24.8. The number of benzene rings is 2. The molecule has 31 heavy (non-hydrogen) atoms. The quantitative estimate of drug-likeness (QED) is 0.550. The second-order valence-corrected chi connectivity index (χ2v) is 8.02. The van der Waals surface area contributed by atoms with E-state index in [9.17, 15) is 9.59 Å². The molecule has 0 spiro atoms. The van der Waals surface area contributed by atoms with Crippen molar-refractivity contribution in [3.63, 3.8) is 0 Å². The van der Waals surface area contributed by atoms with E-state index in [2.05, 4.69) is 5.32 Å². The molecule has 168 valence electrons. The summed E-state index contributed by atoms with van der Waals surface area (Å²) in [6.45, 7) is 5.52. The molecule has 0 saturated carbocycles. The number of methoxy groups -OCH3 is 1. The second kappa shape index (κ2) is 11.8. The Labute approximate surface area is 193 Å². The van der Waals surface area contributed by atoms with Crippen LogP contribution in [0.2, 0.25) is 10.0 Å². The minimum atomic E-state index is -0.711. The number of hydrogen-bond acceptors (Lipinski definition) is 4. The van der Waals surface area contributed by atoms with Crippen molar-refractivity contribution in [3.8, 4) is 11.5 Å². The molecule has 6 nitrogen and oxygen atoms in total. The van der Waals surface area contributed by atoms with Gasteiger partial charge in [0.1, 0.15) is 6.04 Å². The highest BCUT2D eigenvalue weighted by Gasteiger charge is 2.27. The van der Waals surface area contributed by atoms with Crippen molar-refractivity contribution >= 4 is 35.0 Å². The Kier molecular flexibility index (Phi) is 9.46. The van der Waals surface area contributed by atoms with Crippen LogP contribution in [-0.2, 0) is 16.1 Å². The van der Waals surface area contributed by atoms with Gasteiger partial charge in [0.05, 0.1) is 17.2 Å². The Bertz CT molecular complexity index is 907. The third-order valence-electron chi connectivity index (χ3n) is 4.93. The molecule has 0 fully saturated rings. The lowest BCUT2D eigenvalue weighted by Gasteiger charge is -2.29. The zero-order valence-corrected chi connectivity index (χ0v) is 19.7. The van der Waals surface area contributed by atoms with Crippen LogP contribution in [-0.4, -0.2) is 42.5 Å². The van der Waals surface area contributed by atoms with E-state index >= 15 is 0 Å². The van der Waals surface area contributed by atoms with E-state index in [1.54, 1.807) is 43.3 Å². The van der Waals surface area contributed by atoms with E-state index in [0.29, 0.717) is 21.5 Å². The van der Waals surface area contributed by atoms with Gasteiger partial charge < -0.3 is 19.7 Å². The van der Waals surface area contributed by atoms with Crippen LogP contribution in [0.4, 0.5) is 0 Å². The highest BCUT2D eigenvalue weighted by Crippen LogP contribution is 2.26. The predicted molar refractivity (Wildman–Crippen MR) is 123 cm³/mol. The Hall–Kier alpha value is -2.44. The summed E-state index contributed by atoms with van der Waals surface area (Å²) < 4.78 is 10.9. The minimum Gasteiger partial charge on any atom is -0.493 e. The molecule has 2 atom stereocenters. The molecule has 2 aromatic carbocycles. The van der Waals surface area contributed by atoms with Crippen LogP contribution in [0.25, 0.3) is 0 Å². The largest absolute Gasteiger partial charge is 0.493 e. The molecule has 0 aliphatic rings. The number of carbonyl (C=O) groups excluding carboxylic acids is 2. The average Bonchev–Trinajstić information content (AvgIpc) is 2.77. The maximum Gasteiger partial charge on any atom is 0.261 e. The molecule has 8 heteroatoms. The summed E-state index contributed by atoms with van der Waals surface area (Å²) >= 11 is 12.1. The lowest BCUT2D eigenvalue weighted by molar-refractivity contribution is -0.142. The summed E-state index contributed by atoms with van der Waals surface area (Å²) in [4.78, 5) is 27.3. The molecule has 2 rings (SSSR count). The molecular formula is C23H28Cl2N2O4. The van der Waals surface area contributed by atoms with Crippen LogP contribution < -0.4 is 14.8 Å². The van der Waals surface area contributed by atoms with E-state index in [-0.39, 0.29) is 31.0 Å². The SMILES string of the molecule is CC[C@H](C)NC(=O)[C@H](C)N(Cc1ccc(Cl)c(Cl)c1)C(=O)COc1ccccc1OC. The summed E-state index contributed by atoms with van der Waals surface area (Å²) in [5, 5.41) is 3.73. The van der Waals surface area contributed by atoms with Crippen molar-refractivity contribution in [2.75, 3.05) is 13.7 Å². The highest BCUT2D eigenvalue weighted by molar-refractivity contribution is 6.42. The summed E-state index contributed by atoms with van der Waals surface area (Å²) in [5.74, 6) is 0.391. The van der Waals surface area contributed by atoms with Gasteiger partial charge in [-0.15, -0.1) is 0 Å². The number of para-hydroxylation sites is 2. The van der Waals surface area contributed by atoms with Gasteiger partial charge in [0.25, 0.3) is 5.91 Å². The molecule has 0 aliphatic heterocycles. The van der Waals surface area contributed by atoms with E-state index in [0.717, 1.165) is 12.0 Å². The number of rotatable bonds is 10. The van der Waals surface area contributed by atoms with E-state index in [1.807, 2.05) is 19.9 Å². The molecule has 0 saturated heterocycles. The molecule has 1 N–H and O–H groups in total. The van der Waals surface area contributed by atoms with Gasteiger partial charge in [-0.05, 0) is 50.1 Å². The van der Waals surface area contributed by atoms with Crippen LogP contribution in [0.15, 0.2) is 42.5 Å². The average molecular weight is 467 g/mol. The number of hydrogen-bond donors (Lipinski definition) is 1. The van der Waals surface area contributed by atoms with Crippen LogP contribution in [0.1, 0.15) is 32.8 Å². The first-order valence-electron chi connectivity index (χ1n) is 10.1. The smallest absolute Gasteiger partial charge is 0.261 e. The topological polar surface area (TPSA) is 67.9 Å². The molecule has 0 aromatic heterocycles. The van der Waals surface area contributed by atoms with Gasteiger partial charge in [-0.1, -0.05) is 48.3 Å². The van der Waals surface area contributed by atoms with Crippen molar-refractivity contribution in [1.29, 1.82) is 0 Å². The van der Waals surface area contributed by atoms with E-state index < -0.39 is 6.04 Å². The first-order chi connectivity index (χ1) is 14.8. The van der Waals surface area contributed by atoms with Gasteiger partial charge >= 0.3 is 0 Å². The number of amides is 2. The number of nitrogens with one attached hydrogen (secondary N) is 1. The van der Waals surface area contributed by atoms with Crippen LogP contribution in [0.3, 0.4) is 0 Å². The molecule has 0 aliphatic carbocycles.